The van der Waals surface area contributed by atoms with Crippen LogP contribution in [-0.4, -0.2) is 42.8 Å². The predicted octanol–water partition coefficient (Wildman–Crippen LogP) is 7.25. The minimum Gasteiger partial charge on any atom is -0.328 e. The van der Waals surface area contributed by atoms with E-state index in [4.69, 9.17) is 0 Å². The third-order valence-electron chi connectivity index (χ3n) is 5.59. The van der Waals surface area contributed by atoms with Crippen molar-refractivity contribution in [2.24, 2.45) is 0 Å². The van der Waals surface area contributed by atoms with Gasteiger partial charge in [0.05, 0.1) is 0 Å². The van der Waals surface area contributed by atoms with Crippen LogP contribution in [0.15, 0.2) is 0 Å². The van der Waals surface area contributed by atoms with E-state index in [1.54, 1.807) is 0 Å². The normalized spacial score (nSPS) is 11.7. The summed E-state index contributed by atoms with van der Waals surface area (Å²) < 4.78 is 0. The van der Waals surface area contributed by atoms with E-state index >= 15 is 0 Å². The van der Waals surface area contributed by atoms with Crippen LogP contribution in [0.4, 0.5) is 0 Å². The van der Waals surface area contributed by atoms with Gasteiger partial charge in [0.1, 0.15) is 0 Å². The Kier molecular flexibility index (Phi) is 19.7. The second kappa shape index (κ2) is 19.7. The van der Waals surface area contributed by atoms with Gasteiger partial charge in [-0.25, -0.2) is 0 Å². The summed E-state index contributed by atoms with van der Waals surface area (Å²) in [5.74, 6) is 0. The maximum atomic E-state index is 2.87. The Balaban J connectivity index is 4.99. The van der Waals surface area contributed by atoms with Gasteiger partial charge in [-0.05, 0) is 58.2 Å². The minimum atomic E-state index is 0.683. The van der Waals surface area contributed by atoms with E-state index in [-0.39, 0.29) is 0 Å². The fourth-order valence-electron chi connectivity index (χ4n) is 3.93. The molecule has 0 aliphatic carbocycles. The summed E-state index contributed by atoms with van der Waals surface area (Å²) in [6.07, 6.45) is 19.0. The SMILES string of the molecule is CCCCCN(CCCCC)B(CCC)N(CCCCC)CCCCC. The van der Waals surface area contributed by atoms with Gasteiger partial charge in [-0.3, -0.25) is 0 Å². The van der Waals surface area contributed by atoms with Crippen molar-refractivity contribution in [1.29, 1.82) is 0 Å². The lowest BCUT2D eigenvalue weighted by atomic mass is 9.65. The lowest BCUT2D eigenvalue weighted by Gasteiger charge is -2.37. The molecule has 0 fully saturated rings. The maximum absolute atomic E-state index is 2.87. The summed E-state index contributed by atoms with van der Waals surface area (Å²) >= 11 is 0. The van der Waals surface area contributed by atoms with Crippen molar-refractivity contribution in [2.75, 3.05) is 26.2 Å². The average molecular weight is 366 g/mol. The Labute approximate surface area is 167 Å². The average Bonchev–Trinajstić information content (AvgIpc) is 2.64. The predicted molar refractivity (Wildman–Crippen MR) is 122 cm³/mol. The molecule has 0 N–H and O–H groups in total. The molecular weight excluding hydrogens is 315 g/mol. The second-order valence-corrected chi connectivity index (χ2v) is 8.17. The summed E-state index contributed by atoms with van der Waals surface area (Å²) in [6.45, 7) is 17.6. The van der Waals surface area contributed by atoms with E-state index < -0.39 is 0 Å². The van der Waals surface area contributed by atoms with Gasteiger partial charge in [0, 0.05) is 0 Å². The quantitative estimate of drug-likeness (QED) is 0.165. The fourth-order valence-corrected chi connectivity index (χ4v) is 3.93. The molecule has 0 spiro atoms. The van der Waals surface area contributed by atoms with Crippen molar-refractivity contribution in [3.05, 3.63) is 0 Å². The highest BCUT2D eigenvalue weighted by atomic mass is 15.2. The Morgan fingerprint density at radius 3 is 0.962 bits per heavy atom. The van der Waals surface area contributed by atoms with Crippen LogP contribution in [0.1, 0.15) is 118 Å². The third kappa shape index (κ3) is 13.2. The van der Waals surface area contributed by atoms with Crippen molar-refractivity contribution in [2.45, 2.75) is 124 Å². The zero-order chi connectivity index (χ0) is 19.5. The summed E-state index contributed by atoms with van der Waals surface area (Å²) in [7, 11) is 0. The number of hydrogen-bond acceptors (Lipinski definition) is 2. The first-order valence-electron chi connectivity index (χ1n) is 12.2. The molecule has 0 saturated carbocycles. The summed E-state index contributed by atoms with van der Waals surface area (Å²) in [4.78, 5) is 5.74. The molecule has 0 saturated heterocycles. The number of nitrogens with zero attached hydrogens (tertiary/aromatic N) is 2. The first kappa shape index (κ1) is 26.0. The molecule has 0 unspecified atom stereocenters. The van der Waals surface area contributed by atoms with Crippen LogP contribution in [0.5, 0.6) is 0 Å². The topological polar surface area (TPSA) is 6.48 Å². The number of hydrogen-bond donors (Lipinski definition) is 0. The Morgan fingerprint density at radius 1 is 0.423 bits per heavy atom. The summed E-state index contributed by atoms with van der Waals surface area (Å²) in [5.41, 5.74) is 0. The molecule has 3 heteroatoms. The molecule has 0 heterocycles. The van der Waals surface area contributed by atoms with Gasteiger partial charge in [0.2, 0.25) is 0 Å². The minimum absolute atomic E-state index is 0.683. The molecule has 26 heavy (non-hydrogen) atoms. The summed E-state index contributed by atoms with van der Waals surface area (Å²) in [6, 6.07) is 0. The second-order valence-electron chi connectivity index (χ2n) is 8.17. The van der Waals surface area contributed by atoms with Crippen LogP contribution in [0.3, 0.4) is 0 Å². The van der Waals surface area contributed by atoms with Gasteiger partial charge in [-0.2, -0.15) is 0 Å². The molecule has 0 rings (SSSR count). The molecule has 0 aromatic heterocycles. The molecule has 0 aromatic rings. The van der Waals surface area contributed by atoms with Crippen LogP contribution in [0.2, 0.25) is 6.32 Å². The highest BCUT2D eigenvalue weighted by Gasteiger charge is 2.28. The molecule has 0 amide bonds. The first-order valence-corrected chi connectivity index (χ1v) is 12.2. The van der Waals surface area contributed by atoms with Crippen molar-refractivity contribution in [3.8, 4) is 0 Å². The number of rotatable bonds is 20. The third-order valence-corrected chi connectivity index (χ3v) is 5.59. The van der Waals surface area contributed by atoms with Gasteiger partial charge in [-0.15, -0.1) is 0 Å². The van der Waals surface area contributed by atoms with Crippen molar-refractivity contribution < 1.29 is 0 Å². The van der Waals surface area contributed by atoms with Gasteiger partial charge in [0.25, 0.3) is 0 Å². The van der Waals surface area contributed by atoms with Crippen LogP contribution in [-0.2, 0) is 0 Å². The van der Waals surface area contributed by atoms with Crippen molar-refractivity contribution in [1.82, 2.24) is 9.62 Å². The van der Waals surface area contributed by atoms with Gasteiger partial charge in [-0.1, -0.05) is 92.4 Å². The highest BCUT2D eigenvalue weighted by molar-refractivity contribution is 6.52. The zero-order valence-electron chi connectivity index (χ0n) is 19.2. The lowest BCUT2D eigenvalue weighted by molar-refractivity contribution is 0.318. The molecule has 0 radical (unpaired) electrons. The Bertz CT molecular complexity index is 229. The maximum Gasteiger partial charge on any atom is 0.310 e. The van der Waals surface area contributed by atoms with E-state index in [0.29, 0.717) is 6.98 Å². The molecule has 0 aromatic carbocycles. The smallest absolute Gasteiger partial charge is 0.310 e. The van der Waals surface area contributed by atoms with Crippen LogP contribution in [0.25, 0.3) is 0 Å². The Morgan fingerprint density at radius 2 is 0.731 bits per heavy atom. The molecule has 156 valence electrons. The van der Waals surface area contributed by atoms with E-state index in [1.807, 2.05) is 0 Å². The van der Waals surface area contributed by atoms with E-state index in [0.717, 1.165) is 0 Å². The van der Waals surface area contributed by atoms with Gasteiger partial charge in [0.15, 0.2) is 0 Å². The molecule has 2 nitrogen and oxygen atoms in total. The largest absolute Gasteiger partial charge is 0.328 e. The molecule has 0 bridgehead atoms. The van der Waals surface area contributed by atoms with Crippen molar-refractivity contribution >= 4 is 6.98 Å². The molecular formula is C23H51BN2. The van der Waals surface area contributed by atoms with Crippen LogP contribution < -0.4 is 0 Å². The van der Waals surface area contributed by atoms with E-state index in [1.165, 1.54) is 116 Å². The van der Waals surface area contributed by atoms with E-state index in [9.17, 15) is 0 Å². The van der Waals surface area contributed by atoms with Crippen molar-refractivity contribution in [3.63, 3.8) is 0 Å². The molecule has 0 atom stereocenters. The van der Waals surface area contributed by atoms with Crippen LogP contribution >= 0.6 is 0 Å². The van der Waals surface area contributed by atoms with Gasteiger partial charge < -0.3 is 9.62 Å². The van der Waals surface area contributed by atoms with E-state index in [2.05, 4.69) is 44.2 Å². The zero-order valence-corrected chi connectivity index (χ0v) is 19.2. The molecule has 0 aliphatic rings. The lowest BCUT2D eigenvalue weighted by Crippen LogP contribution is -2.54. The first-order chi connectivity index (χ1) is 12.7. The monoisotopic (exact) mass is 366 g/mol. The fraction of sp³-hybridized carbons (Fsp3) is 1.00. The summed E-state index contributed by atoms with van der Waals surface area (Å²) in [5, 5.41) is 0. The molecule has 0 aliphatic heterocycles. The van der Waals surface area contributed by atoms with Gasteiger partial charge >= 0.3 is 6.98 Å². The Hall–Kier alpha value is -0.0151. The number of unbranched alkanes of at least 4 members (excludes halogenated alkanes) is 8. The van der Waals surface area contributed by atoms with Crippen LogP contribution in [0, 0.1) is 0 Å². The standard InChI is InChI=1S/C23H51BN2/c1-6-11-15-20-25(21-16-12-7-2)24(19-10-5)26(22-17-13-8-3)23-18-14-9-4/h6-23H2,1-5H3. The highest BCUT2D eigenvalue weighted by Crippen LogP contribution is 2.16.